The second kappa shape index (κ2) is 4.35. The van der Waals surface area contributed by atoms with E-state index in [0.29, 0.717) is 12.3 Å². The summed E-state index contributed by atoms with van der Waals surface area (Å²) in [5, 5.41) is 15.1. The topological polar surface area (TPSA) is 81.9 Å². The van der Waals surface area contributed by atoms with E-state index in [0.717, 1.165) is 24.8 Å². The van der Waals surface area contributed by atoms with Gasteiger partial charge >= 0.3 is 0 Å². The highest BCUT2D eigenvalue weighted by Gasteiger charge is 2.69. The van der Waals surface area contributed by atoms with Crippen molar-refractivity contribution in [2.24, 2.45) is 22.9 Å². The Balaban J connectivity index is 1.79. The molecule has 6 heteroatoms. The molecule has 0 radical (unpaired) electrons. The second-order valence-electron chi connectivity index (χ2n) is 6.89. The summed E-state index contributed by atoms with van der Waals surface area (Å²) in [6.07, 6.45) is 6.83. The molecule has 5 nitrogen and oxygen atoms in total. The van der Waals surface area contributed by atoms with Crippen LogP contribution in [0.3, 0.4) is 0 Å². The lowest BCUT2D eigenvalue weighted by molar-refractivity contribution is -0.0643. The molecule has 21 heavy (non-hydrogen) atoms. The van der Waals surface area contributed by atoms with Gasteiger partial charge in [0.25, 0.3) is 0 Å². The van der Waals surface area contributed by atoms with Crippen LogP contribution in [0.1, 0.15) is 37.3 Å². The van der Waals surface area contributed by atoms with Crippen molar-refractivity contribution in [3.8, 4) is 0 Å². The van der Waals surface area contributed by atoms with Crippen molar-refractivity contribution < 1.29 is 5.11 Å². The molecule has 1 N–H and O–H groups in total. The molecule has 4 bridgehead atoms. The Bertz CT molecular complexity index is 619. The van der Waals surface area contributed by atoms with Gasteiger partial charge in [0.2, 0.25) is 0 Å². The van der Waals surface area contributed by atoms with Crippen molar-refractivity contribution in [2.45, 2.75) is 42.2 Å². The maximum absolute atomic E-state index is 11.1. The number of hydrogen-bond donors (Lipinski definition) is 1. The predicted octanol–water partition coefficient (Wildman–Crippen LogP) is 3.59. The summed E-state index contributed by atoms with van der Waals surface area (Å²) in [4.78, 5) is 6.83. The number of aliphatic hydroxyl groups is 1. The van der Waals surface area contributed by atoms with Gasteiger partial charge in [-0.05, 0) is 54.7 Å². The molecule has 6 atom stereocenters. The predicted molar refractivity (Wildman–Crippen MR) is 78.6 cm³/mol. The van der Waals surface area contributed by atoms with Gasteiger partial charge in [-0.1, -0.05) is 11.2 Å². The molecule has 1 heterocycles. The Morgan fingerprint density at radius 3 is 3.05 bits per heavy atom. The normalized spacial score (nSPS) is 44.6. The highest BCUT2D eigenvalue weighted by molar-refractivity contribution is 6.24. The van der Waals surface area contributed by atoms with Crippen LogP contribution in [0, 0.1) is 17.8 Å². The molecule has 0 spiro atoms. The van der Waals surface area contributed by atoms with Crippen LogP contribution in [0.5, 0.6) is 0 Å². The van der Waals surface area contributed by atoms with Crippen LogP contribution in [0.4, 0.5) is 0 Å². The molecule has 4 aliphatic rings. The first-order valence-corrected chi connectivity index (χ1v) is 7.79. The molecule has 0 aliphatic heterocycles. The third kappa shape index (κ3) is 1.81. The summed E-state index contributed by atoms with van der Waals surface area (Å²) in [6, 6.07) is 3.36. The first-order valence-electron chi connectivity index (χ1n) is 7.41. The Morgan fingerprint density at radius 1 is 1.52 bits per heavy atom. The molecular formula is C15H17ClN4O. The maximum atomic E-state index is 11.1. The van der Waals surface area contributed by atoms with Crippen LogP contribution in [-0.4, -0.2) is 20.6 Å². The molecule has 4 aliphatic carbocycles. The quantitative estimate of drug-likeness (QED) is 0.400. The fourth-order valence-electron chi connectivity index (χ4n) is 5.29. The van der Waals surface area contributed by atoms with E-state index >= 15 is 0 Å². The molecule has 1 aromatic rings. The van der Waals surface area contributed by atoms with Gasteiger partial charge in [-0.15, -0.1) is 11.6 Å². The minimum atomic E-state index is -0.803. The molecule has 4 fully saturated rings. The van der Waals surface area contributed by atoms with Gasteiger partial charge in [0.15, 0.2) is 0 Å². The third-order valence-corrected chi connectivity index (χ3v) is 6.29. The van der Waals surface area contributed by atoms with E-state index in [-0.39, 0.29) is 16.7 Å². The van der Waals surface area contributed by atoms with Gasteiger partial charge in [0.05, 0.1) is 16.5 Å². The minimum Gasteiger partial charge on any atom is -0.389 e. The van der Waals surface area contributed by atoms with E-state index in [2.05, 4.69) is 15.0 Å². The summed E-state index contributed by atoms with van der Waals surface area (Å²) in [6.45, 7) is 0. The van der Waals surface area contributed by atoms with Crippen molar-refractivity contribution in [3.63, 3.8) is 0 Å². The Kier molecular flexibility index (Phi) is 2.77. The van der Waals surface area contributed by atoms with E-state index < -0.39 is 11.6 Å². The van der Waals surface area contributed by atoms with E-state index in [1.807, 2.05) is 12.1 Å². The van der Waals surface area contributed by atoms with E-state index in [9.17, 15) is 5.11 Å². The molecule has 110 valence electrons. The lowest BCUT2D eigenvalue weighted by Gasteiger charge is -2.42. The molecule has 4 saturated carbocycles. The first-order chi connectivity index (χ1) is 10.1. The van der Waals surface area contributed by atoms with Crippen molar-refractivity contribution in [3.05, 3.63) is 40.5 Å². The van der Waals surface area contributed by atoms with Crippen LogP contribution in [0.15, 0.2) is 29.6 Å². The van der Waals surface area contributed by atoms with Crippen LogP contribution in [0.25, 0.3) is 10.4 Å². The summed E-state index contributed by atoms with van der Waals surface area (Å²) in [5.41, 5.74) is 9.03. The number of alkyl halides is 1. The molecule has 1 aromatic heterocycles. The van der Waals surface area contributed by atoms with Gasteiger partial charge < -0.3 is 5.11 Å². The largest absolute Gasteiger partial charge is 0.389 e. The molecular weight excluding hydrogens is 288 g/mol. The standard InChI is InChI=1S/C15H17ClN4O/c16-14-5-9-4-11(14)12(15(21,6-9)8-14)13(19-20-17)10-2-1-3-18-7-10/h1-3,7,9,11-13,21H,4-6,8H2/t9?,11?,12-,13?,14-,15+/m1/s1. The summed E-state index contributed by atoms with van der Waals surface area (Å²) >= 11 is 6.80. The minimum absolute atomic E-state index is 0.103. The van der Waals surface area contributed by atoms with Crippen LogP contribution >= 0.6 is 11.6 Å². The fraction of sp³-hybridized carbons (Fsp3) is 0.667. The maximum Gasteiger partial charge on any atom is 0.0705 e. The van der Waals surface area contributed by atoms with Crippen molar-refractivity contribution >= 4 is 11.6 Å². The Labute approximate surface area is 128 Å². The lowest BCUT2D eigenvalue weighted by Crippen LogP contribution is -2.44. The van der Waals surface area contributed by atoms with Crippen molar-refractivity contribution in [1.82, 2.24) is 4.98 Å². The molecule has 0 amide bonds. The third-order valence-electron chi connectivity index (χ3n) is 5.72. The fourth-order valence-corrected chi connectivity index (χ4v) is 5.96. The van der Waals surface area contributed by atoms with E-state index in [4.69, 9.17) is 17.1 Å². The molecule has 0 aromatic carbocycles. The zero-order valence-corrected chi connectivity index (χ0v) is 12.3. The molecule has 0 saturated heterocycles. The van der Waals surface area contributed by atoms with Gasteiger partial charge in [0, 0.05) is 23.2 Å². The summed E-state index contributed by atoms with van der Waals surface area (Å²) in [7, 11) is 0. The zero-order chi connectivity index (χ0) is 14.7. The summed E-state index contributed by atoms with van der Waals surface area (Å²) < 4.78 is 0. The molecule has 5 rings (SSSR count). The SMILES string of the molecule is [N-]=[N+]=NC(c1cccnc1)[C@H]1C2CC3C[C@@]2(Cl)C[C@@]1(O)C3. The Hall–Kier alpha value is -1.29. The van der Waals surface area contributed by atoms with Gasteiger partial charge in [-0.2, -0.15) is 0 Å². The van der Waals surface area contributed by atoms with Crippen molar-refractivity contribution in [1.29, 1.82) is 0 Å². The number of aromatic nitrogens is 1. The van der Waals surface area contributed by atoms with E-state index in [1.165, 1.54) is 0 Å². The van der Waals surface area contributed by atoms with Gasteiger partial charge in [-0.25, -0.2) is 0 Å². The summed E-state index contributed by atoms with van der Waals surface area (Å²) in [5.74, 6) is 0.635. The van der Waals surface area contributed by atoms with Crippen LogP contribution < -0.4 is 0 Å². The zero-order valence-electron chi connectivity index (χ0n) is 11.6. The number of nitrogens with zero attached hydrogens (tertiary/aromatic N) is 4. The van der Waals surface area contributed by atoms with Gasteiger partial charge in [-0.3, -0.25) is 4.98 Å². The first kappa shape index (κ1) is 13.4. The smallest absolute Gasteiger partial charge is 0.0705 e. The average molecular weight is 305 g/mol. The lowest BCUT2D eigenvalue weighted by atomic mass is 9.68. The van der Waals surface area contributed by atoms with Crippen LogP contribution in [-0.2, 0) is 0 Å². The Morgan fingerprint density at radius 2 is 2.38 bits per heavy atom. The molecule has 3 unspecified atom stereocenters. The number of halogens is 1. The average Bonchev–Trinajstić information content (AvgIpc) is 2.76. The highest BCUT2D eigenvalue weighted by Crippen LogP contribution is 2.70. The van der Waals surface area contributed by atoms with Crippen molar-refractivity contribution in [2.75, 3.05) is 0 Å². The number of hydrogen-bond acceptors (Lipinski definition) is 3. The van der Waals surface area contributed by atoms with E-state index in [1.54, 1.807) is 12.4 Å². The highest BCUT2D eigenvalue weighted by atomic mass is 35.5. The van der Waals surface area contributed by atoms with Crippen LogP contribution in [0.2, 0.25) is 0 Å². The van der Waals surface area contributed by atoms with Gasteiger partial charge in [0.1, 0.15) is 0 Å². The second-order valence-corrected chi connectivity index (χ2v) is 7.65. The number of azide groups is 1. The number of rotatable bonds is 3. The number of pyridine rings is 1. The monoisotopic (exact) mass is 304 g/mol.